The van der Waals surface area contributed by atoms with Gasteiger partial charge < -0.3 is 14.4 Å². The molecule has 1 unspecified atom stereocenters. The van der Waals surface area contributed by atoms with E-state index < -0.39 is 0 Å². The zero-order valence-corrected chi connectivity index (χ0v) is 14.3. The minimum Gasteiger partial charge on any atom is -0.454 e. The number of rotatable bonds is 4. The standard InChI is InChI=1S/C20H27NO3/c22-20(9-6-15-4-2-1-3-5-15)21-11-10-17(13-21)16-7-8-18-19(12-16)24-14-23-18/h7-8,12,15,17H,1-6,9-11,13-14H2. The first-order valence-corrected chi connectivity index (χ1v) is 9.47. The maximum Gasteiger partial charge on any atom is 0.231 e. The topological polar surface area (TPSA) is 38.8 Å². The van der Waals surface area contributed by atoms with E-state index in [1.54, 1.807) is 0 Å². The van der Waals surface area contributed by atoms with E-state index in [0.717, 1.165) is 49.8 Å². The Kier molecular flexibility index (Phi) is 4.63. The first kappa shape index (κ1) is 15.8. The van der Waals surface area contributed by atoms with Crippen molar-refractivity contribution in [2.45, 2.75) is 57.3 Å². The zero-order valence-electron chi connectivity index (χ0n) is 14.3. The normalized spacial score (nSPS) is 23.7. The molecule has 2 fully saturated rings. The Hall–Kier alpha value is -1.71. The summed E-state index contributed by atoms with van der Waals surface area (Å²) < 4.78 is 10.9. The largest absolute Gasteiger partial charge is 0.454 e. The highest BCUT2D eigenvalue weighted by atomic mass is 16.7. The summed E-state index contributed by atoms with van der Waals surface area (Å²) in [6.07, 6.45) is 9.62. The van der Waals surface area contributed by atoms with Gasteiger partial charge in [-0.15, -0.1) is 0 Å². The van der Waals surface area contributed by atoms with Crippen molar-refractivity contribution in [1.29, 1.82) is 0 Å². The van der Waals surface area contributed by atoms with Gasteiger partial charge in [0.2, 0.25) is 12.7 Å². The predicted octanol–water partition coefficient (Wildman–Crippen LogP) is 4.09. The smallest absolute Gasteiger partial charge is 0.231 e. The van der Waals surface area contributed by atoms with Crippen LogP contribution in [-0.2, 0) is 4.79 Å². The second-order valence-electron chi connectivity index (χ2n) is 7.48. The van der Waals surface area contributed by atoms with Gasteiger partial charge in [-0.2, -0.15) is 0 Å². The summed E-state index contributed by atoms with van der Waals surface area (Å²) >= 11 is 0. The third kappa shape index (κ3) is 3.38. The lowest BCUT2D eigenvalue weighted by Crippen LogP contribution is -2.28. The van der Waals surface area contributed by atoms with Crippen LogP contribution in [0.25, 0.3) is 0 Å². The molecule has 1 amide bonds. The fraction of sp³-hybridized carbons (Fsp3) is 0.650. The van der Waals surface area contributed by atoms with Crippen LogP contribution in [0.3, 0.4) is 0 Å². The third-order valence-corrected chi connectivity index (χ3v) is 5.90. The number of fused-ring (bicyclic) bond motifs is 1. The minimum absolute atomic E-state index is 0.315. The van der Waals surface area contributed by atoms with Crippen molar-refractivity contribution >= 4 is 5.91 Å². The lowest BCUT2D eigenvalue weighted by molar-refractivity contribution is -0.130. The number of amides is 1. The molecule has 130 valence electrons. The summed E-state index contributed by atoms with van der Waals surface area (Å²) in [6.45, 7) is 2.06. The Morgan fingerprint density at radius 2 is 1.92 bits per heavy atom. The summed E-state index contributed by atoms with van der Waals surface area (Å²) in [5.41, 5.74) is 1.27. The third-order valence-electron chi connectivity index (χ3n) is 5.90. The van der Waals surface area contributed by atoms with Gasteiger partial charge in [-0.05, 0) is 36.5 Å². The molecule has 1 saturated heterocycles. The van der Waals surface area contributed by atoms with Gasteiger partial charge >= 0.3 is 0 Å². The summed E-state index contributed by atoms with van der Waals surface area (Å²) in [5, 5.41) is 0. The van der Waals surface area contributed by atoms with Gasteiger partial charge in [0.05, 0.1) is 0 Å². The summed E-state index contributed by atoms with van der Waals surface area (Å²) in [5.74, 6) is 3.24. The van der Waals surface area contributed by atoms with Gasteiger partial charge in [0.15, 0.2) is 11.5 Å². The molecule has 0 radical (unpaired) electrons. The molecule has 0 aromatic heterocycles. The first-order valence-electron chi connectivity index (χ1n) is 9.47. The van der Waals surface area contributed by atoms with E-state index in [0.29, 0.717) is 18.6 Å². The number of carbonyl (C=O) groups excluding carboxylic acids is 1. The molecule has 24 heavy (non-hydrogen) atoms. The van der Waals surface area contributed by atoms with Gasteiger partial charge in [-0.3, -0.25) is 4.79 Å². The van der Waals surface area contributed by atoms with E-state index in [2.05, 4.69) is 17.0 Å². The van der Waals surface area contributed by atoms with Crippen LogP contribution in [0.15, 0.2) is 18.2 Å². The molecule has 2 aliphatic heterocycles. The monoisotopic (exact) mass is 329 g/mol. The Labute approximate surface area is 144 Å². The SMILES string of the molecule is O=C(CCC1CCCCC1)N1CCC(c2ccc3c(c2)OCO3)C1. The van der Waals surface area contributed by atoms with E-state index in [1.807, 2.05) is 6.07 Å². The lowest BCUT2D eigenvalue weighted by atomic mass is 9.86. The lowest BCUT2D eigenvalue weighted by Gasteiger charge is -2.23. The van der Waals surface area contributed by atoms with E-state index >= 15 is 0 Å². The molecule has 4 nitrogen and oxygen atoms in total. The van der Waals surface area contributed by atoms with Crippen LogP contribution in [0.2, 0.25) is 0 Å². The molecule has 1 atom stereocenters. The van der Waals surface area contributed by atoms with Crippen molar-refractivity contribution in [2.75, 3.05) is 19.9 Å². The Morgan fingerprint density at radius 3 is 2.79 bits per heavy atom. The maximum absolute atomic E-state index is 12.5. The number of hydrogen-bond acceptors (Lipinski definition) is 3. The second kappa shape index (κ2) is 7.04. The average Bonchev–Trinajstić information content (AvgIpc) is 3.29. The van der Waals surface area contributed by atoms with Crippen molar-refractivity contribution in [3.8, 4) is 11.5 Å². The molecule has 1 aromatic carbocycles. The van der Waals surface area contributed by atoms with Gasteiger partial charge in [0.1, 0.15) is 0 Å². The fourth-order valence-electron chi connectivity index (χ4n) is 4.39. The van der Waals surface area contributed by atoms with Crippen molar-refractivity contribution < 1.29 is 14.3 Å². The van der Waals surface area contributed by atoms with E-state index in [9.17, 15) is 4.79 Å². The van der Waals surface area contributed by atoms with Crippen LogP contribution in [0.5, 0.6) is 11.5 Å². The minimum atomic E-state index is 0.315. The van der Waals surface area contributed by atoms with Crippen LogP contribution in [0.4, 0.5) is 0 Å². The highest BCUT2D eigenvalue weighted by Crippen LogP contribution is 2.37. The number of carbonyl (C=O) groups is 1. The Morgan fingerprint density at radius 1 is 1.08 bits per heavy atom. The molecular formula is C20H27NO3. The summed E-state index contributed by atoms with van der Waals surface area (Å²) in [7, 11) is 0. The Balaban J connectivity index is 1.30. The molecule has 0 spiro atoms. The molecule has 2 heterocycles. The van der Waals surface area contributed by atoms with Gasteiger partial charge in [-0.25, -0.2) is 0 Å². The number of likely N-dealkylation sites (tertiary alicyclic amines) is 1. The summed E-state index contributed by atoms with van der Waals surface area (Å²) in [4.78, 5) is 14.6. The van der Waals surface area contributed by atoms with Crippen molar-refractivity contribution in [1.82, 2.24) is 4.90 Å². The quantitative estimate of drug-likeness (QED) is 0.835. The zero-order chi connectivity index (χ0) is 16.4. The average molecular weight is 329 g/mol. The number of nitrogens with zero attached hydrogens (tertiary/aromatic N) is 1. The second-order valence-corrected chi connectivity index (χ2v) is 7.48. The summed E-state index contributed by atoms with van der Waals surface area (Å²) in [6, 6.07) is 6.20. The molecule has 4 heteroatoms. The van der Waals surface area contributed by atoms with Crippen molar-refractivity contribution in [3.63, 3.8) is 0 Å². The van der Waals surface area contributed by atoms with Crippen LogP contribution >= 0.6 is 0 Å². The fourth-order valence-corrected chi connectivity index (χ4v) is 4.39. The molecule has 0 N–H and O–H groups in total. The predicted molar refractivity (Wildman–Crippen MR) is 92.3 cm³/mol. The molecule has 1 aliphatic carbocycles. The molecule has 3 aliphatic rings. The van der Waals surface area contributed by atoms with E-state index in [-0.39, 0.29) is 0 Å². The van der Waals surface area contributed by atoms with E-state index in [4.69, 9.17) is 9.47 Å². The van der Waals surface area contributed by atoms with Crippen LogP contribution in [0, 0.1) is 5.92 Å². The number of benzene rings is 1. The first-order chi connectivity index (χ1) is 11.8. The highest BCUT2D eigenvalue weighted by molar-refractivity contribution is 5.76. The number of hydrogen-bond donors (Lipinski definition) is 0. The highest BCUT2D eigenvalue weighted by Gasteiger charge is 2.28. The van der Waals surface area contributed by atoms with Gasteiger partial charge in [-0.1, -0.05) is 38.2 Å². The van der Waals surface area contributed by atoms with Crippen LogP contribution < -0.4 is 9.47 Å². The van der Waals surface area contributed by atoms with Crippen LogP contribution in [0.1, 0.15) is 62.8 Å². The Bertz CT molecular complexity index is 595. The maximum atomic E-state index is 12.5. The van der Waals surface area contributed by atoms with Crippen LogP contribution in [-0.4, -0.2) is 30.7 Å². The molecule has 0 bridgehead atoms. The molecular weight excluding hydrogens is 302 g/mol. The van der Waals surface area contributed by atoms with Gasteiger partial charge in [0.25, 0.3) is 0 Å². The number of ether oxygens (including phenoxy) is 2. The van der Waals surface area contributed by atoms with Crippen molar-refractivity contribution in [3.05, 3.63) is 23.8 Å². The molecule has 1 saturated carbocycles. The molecule has 4 rings (SSSR count). The molecule has 1 aromatic rings. The van der Waals surface area contributed by atoms with Crippen molar-refractivity contribution in [2.24, 2.45) is 5.92 Å². The van der Waals surface area contributed by atoms with E-state index in [1.165, 1.54) is 37.7 Å². The van der Waals surface area contributed by atoms with Gasteiger partial charge in [0, 0.05) is 25.4 Å².